The van der Waals surface area contributed by atoms with E-state index in [1.165, 1.54) is 19.3 Å². The number of amides is 2. The molecule has 2 amide bonds. The number of ether oxygens (including phenoxy) is 1. The number of rotatable bonds is 9. The first-order valence-corrected chi connectivity index (χ1v) is 9.01. The minimum atomic E-state index is -0.268. The minimum absolute atomic E-state index is 0.243. The molecule has 0 aliphatic heterocycles. The fourth-order valence-electron chi connectivity index (χ4n) is 2.54. The molecule has 0 spiro atoms. The summed E-state index contributed by atoms with van der Waals surface area (Å²) in [5.74, 6) is 0.243. The van der Waals surface area contributed by atoms with Crippen LogP contribution >= 0.6 is 0 Å². The summed E-state index contributed by atoms with van der Waals surface area (Å²) in [6.07, 6.45) is 4.63. The maximum Gasteiger partial charge on any atom is 0.255 e. The standard InChI is InChI=1S/C21H26N2O3/c1-3-4-5-8-15-26-17-13-11-16(12-14-17)20(24)23-19-10-7-6-9-18(19)21(25)22-2/h6-7,9-14H,3-5,8,15H2,1-2H3,(H,22,25)(H,23,24). The summed E-state index contributed by atoms with van der Waals surface area (Å²) in [6.45, 7) is 2.86. The van der Waals surface area contributed by atoms with E-state index in [1.807, 2.05) is 0 Å². The van der Waals surface area contributed by atoms with Crippen LogP contribution in [0.3, 0.4) is 0 Å². The Morgan fingerprint density at radius 1 is 0.923 bits per heavy atom. The Bertz CT molecular complexity index is 726. The smallest absolute Gasteiger partial charge is 0.255 e. The van der Waals surface area contributed by atoms with Gasteiger partial charge >= 0.3 is 0 Å². The molecule has 2 rings (SSSR count). The van der Waals surface area contributed by atoms with Crippen LogP contribution in [0.15, 0.2) is 48.5 Å². The van der Waals surface area contributed by atoms with Gasteiger partial charge in [0.1, 0.15) is 5.75 Å². The van der Waals surface area contributed by atoms with Gasteiger partial charge in [0.25, 0.3) is 11.8 Å². The zero-order valence-corrected chi connectivity index (χ0v) is 15.4. The van der Waals surface area contributed by atoms with Crippen molar-refractivity contribution in [3.05, 3.63) is 59.7 Å². The van der Waals surface area contributed by atoms with E-state index in [4.69, 9.17) is 4.74 Å². The molecule has 0 fully saturated rings. The van der Waals surface area contributed by atoms with Crippen molar-refractivity contribution in [1.82, 2.24) is 5.32 Å². The molecule has 5 nitrogen and oxygen atoms in total. The van der Waals surface area contributed by atoms with Gasteiger partial charge in [-0.15, -0.1) is 0 Å². The maximum atomic E-state index is 12.4. The molecule has 0 atom stereocenters. The summed E-state index contributed by atoms with van der Waals surface area (Å²) in [7, 11) is 1.56. The molecule has 0 saturated heterocycles. The Labute approximate surface area is 154 Å². The Hall–Kier alpha value is -2.82. The quantitative estimate of drug-likeness (QED) is 0.661. The third-order valence-electron chi connectivity index (χ3n) is 4.03. The lowest BCUT2D eigenvalue weighted by molar-refractivity contribution is 0.0964. The number of hydrogen-bond acceptors (Lipinski definition) is 3. The van der Waals surface area contributed by atoms with Crippen molar-refractivity contribution in [2.75, 3.05) is 19.0 Å². The molecule has 0 aliphatic carbocycles. The largest absolute Gasteiger partial charge is 0.494 e. The van der Waals surface area contributed by atoms with Crippen molar-refractivity contribution >= 4 is 17.5 Å². The molecule has 5 heteroatoms. The monoisotopic (exact) mass is 354 g/mol. The fraction of sp³-hybridized carbons (Fsp3) is 0.333. The molecule has 0 heterocycles. The molecule has 0 aromatic heterocycles. The second-order valence-electron chi connectivity index (χ2n) is 6.01. The summed E-state index contributed by atoms with van der Waals surface area (Å²) >= 11 is 0. The highest BCUT2D eigenvalue weighted by Crippen LogP contribution is 2.18. The molecule has 26 heavy (non-hydrogen) atoms. The molecule has 2 aromatic carbocycles. The maximum absolute atomic E-state index is 12.4. The Morgan fingerprint density at radius 3 is 2.35 bits per heavy atom. The molecular weight excluding hydrogens is 328 g/mol. The molecule has 0 aliphatic rings. The van der Waals surface area contributed by atoms with E-state index in [0.717, 1.165) is 12.2 Å². The van der Waals surface area contributed by atoms with E-state index in [2.05, 4.69) is 17.6 Å². The average Bonchev–Trinajstić information content (AvgIpc) is 2.68. The van der Waals surface area contributed by atoms with Crippen LogP contribution in [0, 0.1) is 0 Å². The number of para-hydroxylation sites is 1. The third-order valence-corrected chi connectivity index (χ3v) is 4.03. The van der Waals surface area contributed by atoms with E-state index in [0.29, 0.717) is 23.4 Å². The van der Waals surface area contributed by atoms with Crippen molar-refractivity contribution < 1.29 is 14.3 Å². The van der Waals surface area contributed by atoms with Crippen molar-refractivity contribution in [1.29, 1.82) is 0 Å². The Morgan fingerprint density at radius 2 is 1.65 bits per heavy atom. The van der Waals surface area contributed by atoms with E-state index in [-0.39, 0.29) is 11.8 Å². The Kier molecular flexibility index (Phi) is 7.68. The van der Waals surface area contributed by atoms with Gasteiger partial charge in [-0.1, -0.05) is 38.3 Å². The van der Waals surface area contributed by atoms with Gasteiger partial charge in [0.15, 0.2) is 0 Å². The van der Waals surface area contributed by atoms with Gasteiger partial charge < -0.3 is 15.4 Å². The van der Waals surface area contributed by atoms with Crippen molar-refractivity contribution in [2.45, 2.75) is 32.6 Å². The average molecular weight is 354 g/mol. The van der Waals surface area contributed by atoms with Crippen LogP contribution in [-0.2, 0) is 0 Å². The number of nitrogens with one attached hydrogen (secondary N) is 2. The molecule has 0 bridgehead atoms. The van der Waals surface area contributed by atoms with Crippen LogP contribution in [-0.4, -0.2) is 25.5 Å². The van der Waals surface area contributed by atoms with Gasteiger partial charge in [0.05, 0.1) is 17.9 Å². The van der Waals surface area contributed by atoms with Crippen LogP contribution < -0.4 is 15.4 Å². The van der Waals surface area contributed by atoms with E-state index in [1.54, 1.807) is 55.6 Å². The van der Waals surface area contributed by atoms with Gasteiger partial charge in [-0.2, -0.15) is 0 Å². The number of carbonyl (C=O) groups is 2. The second kappa shape index (κ2) is 10.2. The topological polar surface area (TPSA) is 67.4 Å². The van der Waals surface area contributed by atoms with E-state index < -0.39 is 0 Å². The Balaban J connectivity index is 1.95. The zero-order chi connectivity index (χ0) is 18.8. The molecular formula is C21H26N2O3. The van der Waals surface area contributed by atoms with Gasteiger partial charge in [-0.05, 0) is 42.8 Å². The lowest BCUT2D eigenvalue weighted by Gasteiger charge is -2.11. The highest BCUT2D eigenvalue weighted by atomic mass is 16.5. The summed E-state index contributed by atoms with van der Waals surface area (Å²) in [4.78, 5) is 24.3. The number of anilines is 1. The summed E-state index contributed by atoms with van der Waals surface area (Å²) in [5, 5.41) is 5.35. The highest BCUT2D eigenvalue weighted by Gasteiger charge is 2.13. The normalized spacial score (nSPS) is 10.2. The molecule has 2 aromatic rings. The fourth-order valence-corrected chi connectivity index (χ4v) is 2.54. The zero-order valence-electron chi connectivity index (χ0n) is 15.4. The van der Waals surface area contributed by atoms with Crippen molar-refractivity contribution in [2.24, 2.45) is 0 Å². The first-order chi connectivity index (χ1) is 12.7. The molecule has 2 N–H and O–H groups in total. The first kappa shape index (κ1) is 19.5. The highest BCUT2D eigenvalue weighted by molar-refractivity contribution is 6.08. The van der Waals surface area contributed by atoms with Crippen molar-refractivity contribution in [3.8, 4) is 5.75 Å². The van der Waals surface area contributed by atoms with Gasteiger partial charge in [-0.25, -0.2) is 0 Å². The number of carbonyl (C=O) groups excluding carboxylic acids is 2. The minimum Gasteiger partial charge on any atom is -0.494 e. The molecule has 0 radical (unpaired) electrons. The van der Waals surface area contributed by atoms with Crippen molar-refractivity contribution in [3.63, 3.8) is 0 Å². The second-order valence-corrected chi connectivity index (χ2v) is 6.01. The summed E-state index contributed by atoms with van der Waals surface area (Å²) < 4.78 is 5.69. The molecule has 0 unspecified atom stereocenters. The first-order valence-electron chi connectivity index (χ1n) is 9.01. The summed E-state index contributed by atoms with van der Waals surface area (Å²) in [6, 6.07) is 13.9. The predicted octanol–water partition coefficient (Wildman–Crippen LogP) is 4.26. The lowest BCUT2D eigenvalue weighted by Crippen LogP contribution is -2.21. The SMILES string of the molecule is CCCCCCOc1ccc(C(=O)Nc2ccccc2C(=O)NC)cc1. The van der Waals surface area contributed by atoms with Crippen LogP contribution in [0.1, 0.15) is 53.3 Å². The summed E-state index contributed by atoms with van der Waals surface area (Å²) in [5.41, 5.74) is 1.42. The van der Waals surface area contributed by atoms with E-state index >= 15 is 0 Å². The third kappa shape index (κ3) is 5.62. The lowest BCUT2D eigenvalue weighted by atomic mass is 10.1. The van der Waals surface area contributed by atoms with Crippen LogP contribution in [0.2, 0.25) is 0 Å². The van der Waals surface area contributed by atoms with E-state index in [9.17, 15) is 9.59 Å². The number of unbranched alkanes of at least 4 members (excludes halogenated alkanes) is 3. The van der Waals surface area contributed by atoms with Crippen LogP contribution in [0.5, 0.6) is 5.75 Å². The number of benzene rings is 2. The number of hydrogen-bond donors (Lipinski definition) is 2. The van der Waals surface area contributed by atoms with Crippen LogP contribution in [0.4, 0.5) is 5.69 Å². The van der Waals surface area contributed by atoms with Crippen LogP contribution in [0.25, 0.3) is 0 Å². The van der Waals surface area contributed by atoms with Gasteiger partial charge in [0.2, 0.25) is 0 Å². The van der Waals surface area contributed by atoms with Gasteiger partial charge in [0, 0.05) is 12.6 Å². The predicted molar refractivity (Wildman–Crippen MR) is 104 cm³/mol. The van der Waals surface area contributed by atoms with Gasteiger partial charge in [-0.3, -0.25) is 9.59 Å². The molecule has 138 valence electrons. The molecule has 0 saturated carbocycles.